The summed E-state index contributed by atoms with van der Waals surface area (Å²) in [6, 6.07) is 8.93. The minimum atomic E-state index is -3.44. The van der Waals surface area contributed by atoms with E-state index in [2.05, 4.69) is 27.3 Å². The Bertz CT molecular complexity index is 1200. The molecule has 4 rings (SSSR count). The number of nitrogens with zero attached hydrogens (tertiary/aromatic N) is 5. The lowest BCUT2D eigenvalue weighted by Gasteiger charge is -2.16. The highest BCUT2D eigenvalue weighted by atomic mass is 32.2. The van der Waals surface area contributed by atoms with Crippen LogP contribution in [0, 0.1) is 13.8 Å². The molecule has 170 valence electrons. The van der Waals surface area contributed by atoms with Crippen LogP contribution >= 0.6 is 0 Å². The molecule has 1 fully saturated rings. The van der Waals surface area contributed by atoms with E-state index in [1.807, 2.05) is 30.7 Å². The van der Waals surface area contributed by atoms with Gasteiger partial charge in [0.2, 0.25) is 10.0 Å². The fraction of sp³-hybridized carbons (Fsp3) is 0.435. The topological polar surface area (TPSA) is 93.0 Å². The van der Waals surface area contributed by atoms with Crippen LogP contribution in [-0.2, 0) is 23.0 Å². The highest BCUT2D eigenvalue weighted by Crippen LogP contribution is 2.24. The summed E-state index contributed by atoms with van der Waals surface area (Å²) in [5, 5.41) is 7.99. The molecule has 2 aromatic heterocycles. The van der Waals surface area contributed by atoms with E-state index in [0.29, 0.717) is 36.0 Å². The van der Waals surface area contributed by atoms with Crippen LogP contribution in [-0.4, -0.2) is 45.6 Å². The lowest BCUT2D eigenvalue weighted by atomic mass is 10.1. The number of hydrogen-bond acceptors (Lipinski definition) is 6. The summed E-state index contributed by atoms with van der Waals surface area (Å²) in [5.41, 5.74) is 2.95. The lowest BCUT2D eigenvalue weighted by molar-refractivity contribution is 0.477. The average molecular weight is 455 g/mol. The summed E-state index contributed by atoms with van der Waals surface area (Å²) in [4.78, 5) is 9.39. The summed E-state index contributed by atoms with van der Waals surface area (Å²) < 4.78 is 29.3. The number of aryl methyl sites for hydroxylation is 2. The molecule has 0 atom stereocenters. The molecule has 0 aliphatic carbocycles. The van der Waals surface area contributed by atoms with Crippen LogP contribution in [0.4, 0.5) is 11.6 Å². The second kappa shape index (κ2) is 9.38. The summed E-state index contributed by atoms with van der Waals surface area (Å²) in [5.74, 6) is 2.26. The Hall–Kier alpha value is -2.78. The predicted octanol–water partition coefficient (Wildman–Crippen LogP) is 3.82. The van der Waals surface area contributed by atoms with Gasteiger partial charge in [-0.3, -0.25) is 0 Å². The van der Waals surface area contributed by atoms with Crippen molar-refractivity contribution in [2.45, 2.75) is 57.9 Å². The maximum absolute atomic E-state index is 12.9. The maximum Gasteiger partial charge on any atom is 0.243 e. The predicted molar refractivity (Wildman–Crippen MR) is 125 cm³/mol. The third-order valence-corrected chi connectivity index (χ3v) is 7.67. The summed E-state index contributed by atoms with van der Waals surface area (Å²) in [7, 11) is -3.44. The van der Waals surface area contributed by atoms with Gasteiger partial charge in [-0.05, 0) is 56.9 Å². The molecule has 0 unspecified atom stereocenters. The zero-order chi connectivity index (χ0) is 22.7. The first-order valence-corrected chi connectivity index (χ1v) is 12.5. The fourth-order valence-electron chi connectivity index (χ4n) is 3.95. The summed E-state index contributed by atoms with van der Waals surface area (Å²) >= 11 is 0. The molecular formula is C23H30N6O2S. The molecule has 1 aliphatic rings. The van der Waals surface area contributed by atoms with Gasteiger partial charge in [0.15, 0.2) is 0 Å². The SMILES string of the molecule is CCCn1nc(C)c(C)c1Nc1ccnc(Cc2cccc(S(=O)(=O)N3CCCC3)c2)n1. The first-order valence-electron chi connectivity index (χ1n) is 11.1. The molecule has 1 N–H and O–H groups in total. The second-order valence-corrected chi connectivity index (χ2v) is 10.1. The largest absolute Gasteiger partial charge is 0.325 e. The van der Waals surface area contributed by atoms with E-state index < -0.39 is 10.0 Å². The molecule has 3 heterocycles. The smallest absolute Gasteiger partial charge is 0.243 e. The monoisotopic (exact) mass is 454 g/mol. The van der Waals surface area contributed by atoms with Gasteiger partial charge in [-0.15, -0.1) is 0 Å². The van der Waals surface area contributed by atoms with Gasteiger partial charge < -0.3 is 5.32 Å². The third kappa shape index (κ3) is 4.68. The van der Waals surface area contributed by atoms with Gasteiger partial charge in [0.25, 0.3) is 0 Å². The van der Waals surface area contributed by atoms with Crippen molar-refractivity contribution >= 4 is 21.7 Å². The Kier molecular flexibility index (Phi) is 6.57. The van der Waals surface area contributed by atoms with Gasteiger partial charge in [0, 0.05) is 37.8 Å². The second-order valence-electron chi connectivity index (χ2n) is 8.20. The molecule has 0 spiro atoms. The van der Waals surface area contributed by atoms with Crippen LogP contribution in [0.25, 0.3) is 0 Å². The summed E-state index contributed by atoms with van der Waals surface area (Å²) in [6.07, 6.45) is 5.00. The van der Waals surface area contributed by atoms with Crippen LogP contribution < -0.4 is 5.32 Å². The quantitative estimate of drug-likeness (QED) is 0.556. The molecule has 1 aliphatic heterocycles. The third-order valence-electron chi connectivity index (χ3n) is 5.78. The molecule has 9 heteroatoms. The number of sulfonamides is 1. The zero-order valence-electron chi connectivity index (χ0n) is 18.9. The van der Waals surface area contributed by atoms with E-state index in [0.717, 1.165) is 48.4 Å². The van der Waals surface area contributed by atoms with E-state index >= 15 is 0 Å². The van der Waals surface area contributed by atoms with Gasteiger partial charge in [0.1, 0.15) is 17.5 Å². The van der Waals surface area contributed by atoms with E-state index in [1.165, 1.54) is 0 Å². The van der Waals surface area contributed by atoms with Crippen LogP contribution in [0.1, 0.15) is 48.8 Å². The first-order chi connectivity index (χ1) is 15.4. The molecule has 3 aromatic rings. The van der Waals surface area contributed by atoms with Crippen molar-refractivity contribution in [3.63, 3.8) is 0 Å². The molecule has 0 amide bonds. The fourth-order valence-corrected chi connectivity index (χ4v) is 5.54. The molecular weight excluding hydrogens is 424 g/mol. The Morgan fingerprint density at radius 2 is 1.91 bits per heavy atom. The van der Waals surface area contributed by atoms with Gasteiger partial charge in [-0.2, -0.15) is 9.40 Å². The van der Waals surface area contributed by atoms with Gasteiger partial charge in [0.05, 0.1) is 10.6 Å². The van der Waals surface area contributed by atoms with E-state index in [4.69, 9.17) is 0 Å². The molecule has 32 heavy (non-hydrogen) atoms. The summed E-state index contributed by atoms with van der Waals surface area (Å²) in [6.45, 7) is 8.19. The first kappa shape index (κ1) is 22.4. The van der Waals surface area contributed by atoms with Crippen molar-refractivity contribution in [3.8, 4) is 0 Å². The maximum atomic E-state index is 12.9. The van der Waals surface area contributed by atoms with Gasteiger partial charge >= 0.3 is 0 Å². The van der Waals surface area contributed by atoms with Crippen LogP contribution in [0.5, 0.6) is 0 Å². The van der Waals surface area contributed by atoms with Crippen LogP contribution in [0.3, 0.4) is 0 Å². The Labute approximate surface area is 189 Å². The van der Waals surface area contributed by atoms with Crippen molar-refractivity contribution in [1.82, 2.24) is 24.1 Å². The van der Waals surface area contributed by atoms with E-state index in [1.54, 1.807) is 28.7 Å². The Morgan fingerprint density at radius 3 is 2.66 bits per heavy atom. The standard InChI is InChI=1S/C23H30N6O2S/c1-4-12-29-23(17(2)18(3)27-29)26-21-10-11-24-22(25-21)16-19-8-7-9-20(15-19)32(30,31)28-13-5-6-14-28/h7-11,15H,4-6,12-14,16H2,1-3H3,(H,24,25,26). The number of rotatable bonds is 8. The normalized spacial score (nSPS) is 14.7. The molecule has 0 bridgehead atoms. The van der Waals surface area contributed by atoms with Crippen molar-refractivity contribution in [1.29, 1.82) is 0 Å². The highest BCUT2D eigenvalue weighted by Gasteiger charge is 2.27. The Morgan fingerprint density at radius 1 is 1.12 bits per heavy atom. The number of nitrogens with one attached hydrogen (secondary N) is 1. The number of aromatic nitrogens is 4. The van der Waals surface area contributed by atoms with Gasteiger partial charge in [-0.25, -0.2) is 23.1 Å². The van der Waals surface area contributed by atoms with E-state index in [9.17, 15) is 8.42 Å². The van der Waals surface area contributed by atoms with Gasteiger partial charge in [-0.1, -0.05) is 19.1 Å². The molecule has 1 saturated heterocycles. The van der Waals surface area contributed by atoms with E-state index in [-0.39, 0.29) is 0 Å². The van der Waals surface area contributed by atoms with Crippen LogP contribution in [0.15, 0.2) is 41.4 Å². The minimum absolute atomic E-state index is 0.334. The number of benzene rings is 1. The number of anilines is 2. The Balaban J connectivity index is 1.54. The van der Waals surface area contributed by atoms with Crippen LogP contribution in [0.2, 0.25) is 0 Å². The highest BCUT2D eigenvalue weighted by molar-refractivity contribution is 7.89. The average Bonchev–Trinajstić information content (AvgIpc) is 3.40. The number of hydrogen-bond donors (Lipinski definition) is 1. The minimum Gasteiger partial charge on any atom is -0.325 e. The van der Waals surface area contributed by atoms with Crippen molar-refractivity contribution in [2.75, 3.05) is 18.4 Å². The molecule has 1 aromatic carbocycles. The van der Waals surface area contributed by atoms with Crippen molar-refractivity contribution in [2.24, 2.45) is 0 Å². The van der Waals surface area contributed by atoms with Crippen molar-refractivity contribution in [3.05, 3.63) is 59.2 Å². The molecule has 0 saturated carbocycles. The zero-order valence-corrected chi connectivity index (χ0v) is 19.7. The molecule has 8 nitrogen and oxygen atoms in total. The van der Waals surface area contributed by atoms with Crippen molar-refractivity contribution < 1.29 is 8.42 Å². The lowest BCUT2D eigenvalue weighted by Crippen LogP contribution is -2.27. The molecule has 0 radical (unpaired) electrons.